The van der Waals surface area contributed by atoms with Crippen LogP contribution in [0.5, 0.6) is 0 Å². The molecule has 1 amide bonds. The maximum atomic E-state index is 13.0. The number of thiophene rings is 1. The third kappa shape index (κ3) is 3.29. The van der Waals surface area contributed by atoms with E-state index < -0.39 is 4.92 Å². The van der Waals surface area contributed by atoms with Crippen LogP contribution in [0.4, 0.5) is 10.8 Å². The molecule has 0 aliphatic carbocycles. The van der Waals surface area contributed by atoms with Crippen LogP contribution in [0.1, 0.15) is 15.2 Å². The van der Waals surface area contributed by atoms with E-state index in [4.69, 9.17) is 4.98 Å². The number of fused-ring (bicyclic) bond motifs is 2. The number of carbonyl (C=O) groups excluding carboxylic acids is 1. The van der Waals surface area contributed by atoms with Crippen LogP contribution in [0, 0.1) is 17.0 Å². The van der Waals surface area contributed by atoms with E-state index in [2.05, 4.69) is 30.0 Å². The van der Waals surface area contributed by atoms with Crippen molar-refractivity contribution in [2.45, 2.75) is 6.92 Å². The summed E-state index contributed by atoms with van der Waals surface area (Å²) in [6, 6.07) is 12.7. The first-order valence-electron chi connectivity index (χ1n) is 9.58. The average Bonchev–Trinajstić information content (AvgIpc) is 3.38. The second-order valence-electron chi connectivity index (χ2n) is 7.29. The van der Waals surface area contributed by atoms with E-state index in [1.807, 2.05) is 4.90 Å². The van der Waals surface area contributed by atoms with Crippen molar-refractivity contribution in [1.82, 2.24) is 9.88 Å². The van der Waals surface area contributed by atoms with E-state index in [-0.39, 0.29) is 11.6 Å². The Morgan fingerprint density at radius 3 is 2.60 bits per heavy atom. The number of nitrogens with zero attached hydrogens (tertiary/aromatic N) is 4. The average molecular weight is 439 g/mol. The lowest BCUT2D eigenvalue weighted by molar-refractivity contribution is -0.384. The van der Waals surface area contributed by atoms with Crippen LogP contribution in [0.3, 0.4) is 0 Å². The van der Waals surface area contributed by atoms with Crippen LogP contribution in [0.25, 0.3) is 20.3 Å². The Hall–Kier alpha value is -3.04. The molecule has 0 N–H and O–H groups in total. The Morgan fingerprint density at radius 2 is 1.87 bits per heavy atom. The molecule has 1 fully saturated rings. The van der Waals surface area contributed by atoms with Crippen LogP contribution < -0.4 is 4.90 Å². The zero-order valence-corrected chi connectivity index (χ0v) is 17.8. The smallest absolute Gasteiger partial charge is 0.270 e. The Bertz CT molecular complexity index is 1290. The van der Waals surface area contributed by atoms with Crippen molar-refractivity contribution < 1.29 is 9.72 Å². The molecule has 0 unspecified atom stereocenters. The van der Waals surface area contributed by atoms with Crippen molar-refractivity contribution in [1.29, 1.82) is 0 Å². The van der Waals surface area contributed by atoms with Gasteiger partial charge in [0, 0.05) is 48.4 Å². The summed E-state index contributed by atoms with van der Waals surface area (Å²) in [6.45, 7) is 4.80. The molecule has 0 radical (unpaired) electrons. The number of anilines is 1. The number of para-hydroxylation sites is 1. The van der Waals surface area contributed by atoms with Crippen molar-refractivity contribution >= 4 is 59.7 Å². The zero-order valence-electron chi connectivity index (χ0n) is 16.2. The molecule has 152 valence electrons. The first-order chi connectivity index (χ1) is 14.5. The molecule has 0 atom stereocenters. The van der Waals surface area contributed by atoms with Crippen LogP contribution in [-0.2, 0) is 0 Å². The fourth-order valence-corrected chi connectivity index (χ4v) is 5.82. The van der Waals surface area contributed by atoms with Gasteiger partial charge < -0.3 is 9.80 Å². The van der Waals surface area contributed by atoms with Gasteiger partial charge in [0.05, 0.1) is 20.0 Å². The summed E-state index contributed by atoms with van der Waals surface area (Å²) in [5.41, 5.74) is 2.27. The highest BCUT2D eigenvalue weighted by Crippen LogP contribution is 2.32. The molecule has 1 aliphatic rings. The second-order valence-corrected chi connectivity index (χ2v) is 9.38. The van der Waals surface area contributed by atoms with Crippen molar-refractivity contribution in [2.24, 2.45) is 0 Å². The number of aromatic nitrogens is 1. The normalized spacial score (nSPS) is 14.6. The molecule has 0 spiro atoms. The topological polar surface area (TPSA) is 79.6 Å². The summed E-state index contributed by atoms with van der Waals surface area (Å²) >= 11 is 3.07. The van der Waals surface area contributed by atoms with E-state index >= 15 is 0 Å². The molecule has 30 heavy (non-hydrogen) atoms. The maximum absolute atomic E-state index is 13.0. The van der Waals surface area contributed by atoms with Crippen LogP contribution >= 0.6 is 22.7 Å². The van der Waals surface area contributed by atoms with Crippen LogP contribution in [0.15, 0.2) is 42.5 Å². The molecule has 1 aliphatic heterocycles. The summed E-state index contributed by atoms with van der Waals surface area (Å²) in [7, 11) is 0. The van der Waals surface area contributed by atoms with Crippen LogP contribution in [-0.4, -0.2) is 46.9 Å². The van der Waals surface area contributed by atoms with E-state index in [0.29, 0.717) is 18.0 Å². The second kappa shape index (κ2) is 7.33. The van der Waals surface area contributed by atoms with Crippen molar-refractivity contribution in [2.75, 3.05) is 31.1 Å². The number of aryl methyl sites for hydroxylation is 1. The number of thiazole rings is 1. The predicted octanol–water partition coefficient (Wildman–Crippen LogP) is 4.69. The molecule has 0 bridgehead atoms. The minimum absolute atomic E-state index is 0.0151. The fourth-order valence-electron chi connectivity index (χ4n) is 3.72. The highest BCUT2D eigenvalue weighted by molar-refractivity contribution is 7.22. The zero-order chi connectivity index (χ0) is 20.8. The van der Waals surface area contributed by atoms with Gasteiger partial charge in [0.1, 0.15) is 0 Å². The number of piperazine rings is 1. The van der Waals surface area contributed by atoms with Gasteiger partial charge in [-0.1, -0.05) is 23.5 Å². The lowest BCUT2D eigenvalue weighted by atomic mass is 10.2. The molecule has 2 aromatic heterocycles. The summed E-state index contributed by atoms with van der Waals surface area (Å²) < 4.78 is 2.07. The summed E-state index contributed by atoms with van der Waals surface area (Å²) in [5, 5.41) is 12.7. The van der Waals surface area contributed by atoms with Crippen LogP contribution in [0.2, 0.25) is 0 Å². The number of hydrogen-bond acceptors (Lipinski definition) is 7. The number of carbonyl (C=O) groups is 1. The van der Waals surface area contributed by atoms with Gasteiger partial charge in [0.25, 0.3) is 11.6 Å². The molecule has 2 aromatic carbocycles. The van der Waals surface area contributed by atoms with Crippen molar-refractivity contribution in [3.05, 3.63) is 63.0 Å². The van der Waals surface area contributed by atoms with E-state index in [1.54, 1.807) is 23.5 Å². The maximum Gasteiger partial charge on any atom is 0.270 e. The molecule has 0 saturated carbocycles. The Kier molecular flexibility index (Phi) is 4.63. The lowest BCUT2D eigenvalue weighted by Gasteiger charge is -2.34. The lowest BCUT2D eigenvalue weighted by Crippen LogP contribution is -2.48. The summed E-state index contributed by atoms with van der Waals surface area (Å²) in [6.07, 6.45) is 0. The third-order valence-electron chi connectivity index (χ3n) is 5.37. The Morgan fingerprint density at radius 1 is 1.07 bits per heavy atom. The summed E-state index contributed by atoms with van der Waals surface area (Å²) in [5.74, 6) is -0.0151. The molecular weight excluding hydrogens is 420 g/mol. The van der Waals surface area contributed by atoms with Gasteiger partial charge in [-0.25, -0.2) is 4.98 Å². The number of benzene rings is 2. The van der Waals surface area contributed by atoms with Gasteiger partial charge in [0.15, 0.2) is 5.13 Å². The standard InChI is InChI=1S/C21H18N4O3S2/c1-13-3-2-4-17-19(13)22-21(30-17)24-9-7-23(8-10-24)20(26)18-12-14-11-15(25(27)28)5-6-16(14)29-18/h2-6,11-12H,7-10H2,1H3. The van der Waals surface area contributed by atoms with Gasteiger partial charge in [-0.05, 0) is 30.7 Å². The molecule has 4 aromatic rings. The monoisotopic (exact) mass is 438 g/mol. The van der Waals surface area contributed by atoms with Crippen molar-refractivity contribution in [3.63, 3.8) is 0 Å². The first kappa shape index (κ1) is 19.0. The molecule has 5 rings (SSSR count). The fraction of sp³-hybridized carbons (Fsp3) is 0.238. The SMILES string of the molecule is Cc1cccc2sc(N3CCN(C(=O)c4cc5cc([N+](=O)[O-])ccc5s4)CC3)nc12. The van der Waals surface area contributed by atoms with Gasteiger partial charge >= 0.3 is 0 Å². The number of nitro groups is 1. The predicted molar refractivity (Wildman–Crippen MR) is 121 cm³/mol. The quantitative estimate of drug-likeness (QED) is 0.342. The van der Waals surface area contributed by atoms with Gasteiger partial charge in [-0.2, -0.15) is 0 Å². The number of non-ortho nitro benzene ring substituents is 1. The third-order valence-corrected chi connectivity index (χ3v) is 7.55. The largest absolute Gasteiger partial charge is 0.345 e. The Labute approximate surface area is 180 Å². The Balaban J connectivity index is 1.31. The minimum atomic E-state index is -0.415. The van der Waals surface area contributed by atoms with Gasteiger partial charge in [-0.15, -0.1) is 11.3 Å². The summed E-state index contributed by atoms with van der Waals surface area (Å²) in [4.78, 5) is 33.1. The van der Waals surface area contributed by atoms with Crippen molar-refractivity contribution in [3.8, 4) is 0 Å². The highest BCUT2D eigenvalue weighted by atomic mass is 32.1. The number of hydrogen-bond donors (Lipinski definition) is 0. The van der Waals surface area contributed by atoms with Gasteiger partial charge in [-0.3, -0.25) is 14.9 Å². The number of nitro benzene ring substituents is 1. The van der Waals surface area contributed by atoms with E-state index in [9.17, 15) is 14.9 Å². The number of amides is 1. The molecule has 1 saturated heterocycles. The molecule has 3 heterocycles. The molecule has 9 heteroatoms. The number of rotatable bonds is 3. The molecular formula is C21H18N4O3S2. The highest BCUT2D eigenvalue weighted by Gasteiger charge is 2.25. The molecule has 7 nitrogen and oxygen atoms in total. The first-order valence-corrected chi connectivity index (χ1v) is 11.2. The van der Waals surface area contributed by atoms with Gasteiger partial charge in [0.2, 0.25) is 0 Å². The minimum Gasteiger partial charge on any atom is -0.345 e. The van der Waals surface area contributed by atoms with E-state index in [0.717, 1.165) is 33.8 Å². The van der Waals surface area contributed by atoms with E-state index in [1.165, 1.54) is 33.7 Å².